The molecule has 1 aliphatic heterocycles. The average Bonchev–Trinajstić information content (AvgIpc) is 3.19. The van der Waals surface area contributed by atoms with E-state index >= 15 is 0 Å². The molecule has 1 fully saturated rings. The van der Waals surface area contributed by atoms with E-state index in [0.29, 0.717) is 5.75 Å². The second-order valence-electron chi connectivity index (χ2n) is 6.96. The first-order chi connectivity index (χ1) is 12.8. The summed E-state index contributed by atoms with van der Waals surface area (Å²) in [5.74, 6) is 6.90. The van der Waals surface area contributed by atoms with Gasteiger partial charge in [0.05, 0.1) is 6.54 Å². The van der Waals surface area contributed by atoms with Crippen LogP contribution in [-0.4, -0.2) is 29.6 Å². The average molecular weight is 341 g/mol. The van der Waals surface area contributed by atoms with Gasteiger partial charge >= 0.3 is 0 Å². The summed E-state index contributed by atoms with van der Waals surface area (Å²) in [5.41, 5.74) is 3.11. The Hall–Kier alpha value is -2.76. The summed E-state index contributed by atoms with van der Waals surface area (Å²) in [5, 5.41) is 12.7. The van der Waals surface area contributed by atoms with E-state index in [0.717, 1.165) is 48.0 Å². The Balaban J connectivity index is 1.59. The van der Waals surface area contributed by atoms with E-state index in [4.69, 9.17) is 0 Å². The van der Waals surface area contributed by atoms with Crippen molar-refractivity contribution in [1.82, 2.24) is 4.90 Å². The number of hydrogen-bond donors (Lipinski definition) is 1. The highest BCUT2D eigenvalue weighted by Crippen LogP contribution is 2.31. The van der Waals surface area contributed by atoms with Gasteiger partial charge in [-0.25, -0.2) is 0 Å². The fraction of sp³-hybridized carbons (Fsp3) is 0.250. The fourth-order valence-electron chi connectivity index (χ4n) is 3.58. The van der Waals surface area contributed by atoms with Gasteiger partial charge in [-0.05, 0) is 54.6 Å². The van der Waals surface area contributed by atoms with Crippen LogP contribution in [0, 0.1) is 11.8 Å². The van der Waals surface area contributed by atoms with Crippen LogP contribution in [0.4, 0.5) is 0 Å². The van der Waals surface area contributed by atoms with Crippen LogP contribution in [0.1, 0.15) is 29.5 Å². The van der Waals surface area contributed by atoms with Crippen molar-refractivity contribution in [2.24, 2.45) is 0 Å². The van der Waals surface area contributed by atoms with Crippen molar-refractivity contribution in [2.75, 3.05) is 19.6 Å². The van der Waals surface area contributed by atoms with Crippen LogP contribution in [0.25, 0.3) is 10.8 Å². The Morgan fingerprint density at radius 1 is 0.923 bits per heavy atom. The number of hydrogen-bond acceptors (Lipinski definition) is 2. The minimum absolute atomic E-state index is 0.370. The van der Waals surface area contributed by atoms with Crippen molar-refractivity contribution < 1.29 is 5.11 Å². The first-order valence-electron chi connectivity index (χ1n) is 9.29. The number of benzene rings is 3. The molecule has 1 heterocycles. The Morgan fingerprint density at radius 3 is 2.50 bits per heavy atom. The quantitative estimate of drug-likeness (QED) is 0.705. The van der Waals surface area contributed by atoms with Crippen molar-refractivity contribution in [3.05, 3.63) is 77.4 Å². The zero-order valence-corrected chi connectivity index (χ0v) is 14.9. The number of phenols is 1. The number of aromatic hydroxyl groups is 1. The molecule has 0 saturated carbocycles. The van der Waals surface area contributed by atoms with Crippen molar-refractivity contribution in [3.63, 3.8) is 0 Å². The van der Waals surface area contributed by atoms with Gasteiger partial charge < -0.3 is 5.11 Å². The molecule has 1 saturated heterocycles. The Bertz CT molecular complexity index is 960. The molecule has 1 N–H and O–H groups in total. The molecule has 4 rings (SSSR count). The smallest absolute Gasteiger partial charge is 0.126 e. The molecule has 3 aromatic rings. The van der Waals surface area contributed by atoms with Crippen LogP contribution >= 0.6 is 0 Å². The largest absolute Gasteiger partial charge is 0.507 e. The molecule has 0 aliphatic carbocycles. The molecule has 2 heteroatoms. The normalized spacial score (nSPS) is 14.3. The number of rotatable bonds is 3. The van der Waals surface area contributed by atoms with E-state index in [2.05, 4.69) is 34.9 Å². The molecule has 0 radical (unpaired) electrons. The minimum Gasteiger partial charge on any atom is -0.507 e. The lowest BCUT2D eigenvalue weighted by atomic mass is 9.98. The number of phenolic OH excluding ortho intramolecular Hbond substituents is 1. The van der Waals surface area contributed by atoms with E-state index in [-0.39, 0.29) is 0 Å². The molecule has 0 amide bonds. The second kappa shape index (κ2) is 7.64. The third-order valence-electron chi connectivity index (χ3n) is 5.05. The SMILES string of the molecule is Oc1c(Cc2ccccc2)ccc2ccc(C#CCN3CCCC3)cc12. The minimum atomic E-state index is 0.370. The number of nitrogens with zero attached hydrogens (tertiary/aromatic N) is 1. The van der Waals surface area contributed by atoms with Gasteiger partial charge in [0.1, 0.15) is 5.75 Å². The lowest BCUT2D eigenvalue weighted by Crippen LogP contribution is -2.18. The maximum Gasteiger partial charge on any atom is 0.126 e. The lowest BCUT2D eigenvalue weighted by molar-refractivity contribution is 0.383. The molecular weight excluding hydrogens is 318 g/mol. The Kier molecular flexibility index (Phi) is 4.91. The molecule has 3 aromatic carbocycles. The van der Waals surface area contributed by atoms with Crippen LogP contribution in [0.3, 0.4) is 0 Å². The standard InChI is InChI=1S/C24H23NO/c26-24-22(17-19-7-2-1-3-8-19)13-12-21-11-10-20(18-23(21)24)9-6-16-25-14-4-5-15-25/h1-3,7-8,10-13,18,26H,4-5,14-17H2. The van der Waals surface area contributed by atoms with Gasteiger partial charge in [-0.15, -0.1) is 0 Å². The summed E-state index contributed by atoms with van der Waals surface area (Å²) < 4.78 is 0. The van der Waals surface area contributed by atoms with Gasteiger partial charge in [-0.2, -0.15) is 0 Å². The van der Waals surface area contributed by atoms with Crippen LogP contribution < -0.4 is 0 Å². The summed E-state index contributed by atoms with van der Waals surface area (Å²) in [6, 6.07) is 20.4. The summed E-state index contributed by atoms with van der Waals surface area (Å²) in [6.45, 7) is 3.16. The molecule has 1 aliphatic rings. The van der Waals surface area contributed by atoms with Crippen molar-refractivity contribution >= 4 is 10.8 Å². The van der Waals surface area contributed by atoms with E-state index in [1.54, 1.807) is 0 Å². The third kappa shape index (κ3) is 3.74. The van der Waals surface area contributed by atoms with Crippen molar-refractivity contribution in [1.29, 1.82) is 0 Å². The predicted molar refractivity (Wildman–Crippen MR) is 107 cm³/mol. The van der Waals surface area contributed by atoms with Gasteiger partial charge in [0.25, 0.3) is 0 Å². The van der Waals surface area contributed by atoms with Gasteiger partial charge in [0.15, 0.2) is 0 Å². The maximum absolute atomic E-state index is 10.8. The van der Waals surface area contributed by atoms with Crippen LogP contribution in [-0.2, 0) is 6.42 Å². The molecule has 130 valence electrons. The van der Waals surface area contributed by atoms with Crippen LogP contribution in [0.5, 0.6) is 5.75 Å². The number of fused-ring (bicyclic) bond motifs is 1. The lowest BCUT2D eigenvalue weighted by Gasteiger charge is -2.09. The summed E-state index contributed by atoms with van der Waals surface area (Å²) in [6.07, 6.45) is 3.30. The third-order valence-corrected chi connectivity index (χ3v) is 5.05. The highest BCUT2D eigenvalue weighted by atomic mass is 16.3. The molecule has 0 aromatic heterocycles. The van der Waals surface area contributed by atoms with Gasteiger partial charge in [0.2, 0.25) is 0 Å². The fourth-order valence-corrected chi connectivity index (χ4v) is 3.58. The molecule has 26 heavy (non-hydrogen) atoms. The highest BCUT2D eigenvalue weighted by Gasteiger charge is 2.09. The van der Waals surface area contributed by atoms with Gasteiger partial charge in [-0.3, -0.25) is 4.90 Å². The Morgan fingerprint density at radius 2 is 1.69 bits per heavy atom. The van der Waals surface area contributed by atoms with Crippen molar-refractivity contribution in [3.8, 4) is 17.6 Å². The second-order valence-corrected chi connectivity index (χ2v) is 6.96. The summed E-state index contributed by atoms with van der Waals surface area (Å²) in [7, 11) is 0. The molecular formula is C24H23NO. The van der Waals surface area contributed by atoms with E-state index in [9.17, 15) is 5.11 Å². The number of likely N-dealkylation sites (tertiary alicyclic amines) is 1. The predicted octanol–water partition coefficient (Wildman–Crippen LogP) is 4.58. The first-order valence-corrected chi connectivity index (χ1v) is 9.29. The molecule has 0 atom stereocenters. The summed E-state index contributed by atoms with van der Waals surface area (Å²) in [4.78, 5) is 2.39. The molecule has 0 spiro atoms. The zero-order chi connectivity index (χ0) is 17.8. The van der Waals surface area contributed by atoms with E-state index < -0.39 is 0 Å². The topological polar surface area (TPSA) is 23.5 Å². The molecule has 0 bridgehead atoms. The van der Waals surface area contributed by atoms with Gasteiger partial charge in [0, 0.05) is 17.4 Å². The zero-order valence-electron chi connectivity index (χ0n) is 14.9. The maximum atomic E-state index is 10.8. The highest BCUT2D eigenvalue weighted by molar-refractivity contribution is 5.90. The summed E-state index contributed by atoms with van der Waals surface area (Å²) >= 11 is 0. The first kappa shape index (κ1) is 16.7. The van der Waals surface area contributed by atoms with Crippen LogP contribution in [0.2, 0.25) is 0 Å². The van der Waals surface area contributed by atoms with E-state index in [1.807, 2.05) is 42.5 Å². The van der Waals surface area contributed by atoms with Gasteiger partial charge in [-0.1, -0.05) is 60.4 Å². The van der Waals surface area contributed by atoms with E-state index in [1.165, 1.54) is 18.4 Å². The van der Waals surface area contributed by atoms with Crippen LogP contribution in [0.15, 0.2) is 60.7 Å². The molecule has 2 nitrogen and oxygen atoms in total. The monoisotopic (exact) mass is 341 g/mol. The van der Waals surface area contributed by atoms with Crippen molar-refractivity contribution in [2.45, 2.75) is 19.3 Å². The Labute approximate surface area is 155 Å². The molecule has 0 unspecified atom stereocenters.